The van der Waals surface area contributed by atoms with E-state index in [9.17, 15) is 4.79 Å². The number of carbonyl (C=O) groups excluding carboxylic acids is 1. The first-order valence-corrected chi connectivity index (χ1v) is 7.20. The monoisotopic (exact) mass is 283 g/mol. The third-order valence-corrected chi connectivity index (χ3v) is 4.98. The van der Waals surface area contributed by atoms with Crippen molar-refractivity contribution in [3.63, 3.8) is 0 Å². The number of halogens is 1. The minimum atomic E-state index is -0.181. The van der Waals surface area contributed by atoms with Crippen LogP contribution in [0.1, 0.15) is 38.5 Å². The Labute approximate surface area is 120 Å². The van der Waals surface area contributed by atoms with Gasteiger partial charge in [0, 0.05) is 12.6 Å². The van der Waals surface area contributed by atoms with Gasteiger partial charge in [-0.15, -0.1) is 12.4 Å². The number of hydrogen-bond donors (Lipinski definition) is 1. The highest BCUT2D eigenvalue weighted by molar-refractivity contribution is 5.85. The van der Waals surface area contributed by atoms with E-state index in [1.807, 2.05) is 0 Å². The topological polar surface area (TPSA) is 56.1 Å². The second kappa shape index (κ2) is 6.11. The van der Waals surface area contributed by atoms with Crippen molar-refractivity contribution in [2.24, 2.45) is 11.8 Å². The molecule has 2 saturated carbocycles. The van der Waals surface area contributed by atoms with Gasteiger partial charge < -0.3 is 10.2 Å². The van der Waals surface area contributed by atoms with Crippen molar-refractivity contribution >= 4 is 18.3 Å². The molecule has 4 atom stereocenters. The van der Waals surface area contributed by atoms with E-state index in [4.69, 9.17) is 5.26 Å². The Balaban J connectivity index is 0.00000133. The smallest absolute Gasteiger partial charge is 0.237 e. The van der Waals surface area contributed by atoms with Crippen LogP contribution >= 0.6 is 12.4 Å². The van der Waals surface area contributed by atoms with E-state index in [1.165, 1.54) is 25.7 Å². The van der Waals surface area contributed by atoms with Crippen molar-refractivity contribution < 1.29 is 4.79 Å². The zero-order chi connectivity index (χ0) is 12.5. The maximum Gasteiger partial charge on any atom is 0.237 e. The van der Waals surface area contributed by atoms with Gasteiger partial charge in [-0.2, -0.15) is 5.26 Å². The maximum absolute atomic E-state index is 12.1. The van der Waals surface area contributed by atoms with Crippen LogP contribution in [-0.2, 0) is 4.79 Å². The lowest BCUT2D eigenvalue weighted by molar-refractivity contribution is -0.130. The second-order valence-corrected chi connectivity index (χ2v) is 6.04. The molecule has 0 spiro atoms. The molecule has 2 unspecified atom stereocenters. The molecule has 1 N–H and O–H groups in total. The first kappa shape index (κ1) is 14.6. The number of fused-ring (bicyclic) bond motifs is 2. The van der Waals surface area contributed by atoms with Crippen LogP contribution in [0.2, 0.25) is 0 Å². The Kier molecular flexibility index (Phi) is 4.70. The Morgan fingerprint density at radius 2 is 2.16 bits per heavy atom. The van der Waals surface area contributed by atoms with Crippen LogP contribution in [-0.4, -0.2) is 36.0 Å². The highest BCUT2D eigenvalue weighted by Gasteiger charge is 2.39. The summed E-state index contributed by atoms with van der Waals surface area (Å²) < 4.78 is 0. The SMILES string of the molecule is Cl.N#C[C@@H]1CCCN1C(=O)CN[C@H]1CC2CCC1C2. The lowest BCUT2D eigenvalue weighted by atomic mass is 9.95. The molecule has 0 aromatic carbocycles. The fourth-order valence-electron chi connectivity index (χ4n) is 4.01. The predicted molar refractivity (Wildman–Crippen MR) is 74.8 cm³/mol. The number of likely N-dealkylation sites (tertiary alicyclic amines) is 1. The van der Waals surface area contributed by atoms with Crippen molar-refractivity contribution in [2.45, 2.75) is 50.6 Å². The lowest BCUT2D eigenvalue weighted by Crippen LogP contribution is -2.44. The number of amides is 1. The molecule has 2 bridgehead atoms. The number of carbonyl (C=O) groups is 1. The first-order valence-electron chi connectivity index (χ1n) is 7.20. The molecule has 5 heteroatoms. The number of hydrogen-bond acceptors (Lipinski definition) is 3. The fourth-order valence-corrected chi connectivity index (χ4v) is 4.01. The maximum atomic E-state index is 12.1. The normalized spacial score (nSPS) is 36.1. The number of nitrogens with zero attached hydrogens (tertiary/aromatic N) is 2. The fraction of sp³-hybridized carbons (Fsp3) is 0.857. The Bertz CT molecular complexity index is 381. The van der Waals surface area contributed by atoms with Gasteiger partial charge >= 0.3 is 0 Å². The van der Waals surface area contributed by atoms with E-state index < -0.39 is 0 Å². The van der Waals surface area contributed by atoms with Crippen molar-refractivity contribution in [2.75, 3.05) is 13.1 Å². The van der Waals surface area contributed by atoms with E-state index in [0.717, 1.165) is 31.2 Å². The van der Waals surface area contributed by atoms with Gasteiger partial charge in [-0.1, -0.05) is 6.42 Å². The molecule has 0 radical (unpaired) electrons. The van der Waals surface area contributed by atoms with Crippen LogP contribution in [0.5, 0.6) is 0 Å². The van der Waals surface area contributed by atoms with Crippen LogP contribution in [0.3, 0.4) is 0 Å². The third kappa shape index (κ3) is 2.88. The van der Waals surface area contributed by atoms with Crippen LogP contribution in [0.15, 0.2) is 0 Å². The van der Waals surface area contributed by atoms with E-state index in [1.54, 1.807) is 4.90 Å². The number of rotatable bonds is 3. The molecule has 4 nitrogen and oxygen atoms in total. The lowest BCUT2D eigenvalue weighted by Gasteiger charge is -2.25. The highest BCUT2D eigenvalue weighted by atomic mass is 35.5. The number of nitrogens with one attached hydrogen (secondary N) is 1. The van der Waals surface area contributed by atoms with Crippen LogP contribution < -0.4 is 5.32 Å². The molecule has 1 amide bonds. The predicted octanol–water partition coefficient (Wildman–Crippen LogP) is 1.70. The minimum absolute atomic E-state index is 0. The molecule has 1 aliphatic heterocycles. The molecule has 0 aromatic heterocycles. The van der Waals surface area contributed by atoms with Gasteiger partial charge in [0.2, 0.25) is 5.91 Å². The van der Waals surface area contributed by atoms with Crippen molar-refractivity contribution in [1.82, 2.24) is 10.2 Å². The van der Waals surface area contributed by atoms with E-state index >= 15 is 0 Å². The summed E-state index contributed by atoms with van der Waals surface area (Å²) >= 11 is 0. The summed E-state index contributed by atoms with van der Waals surface area (Å²) in [6.07, 6.45) is 7.14. The molecular formula is C14H22ClN3O. The summed E-state index contributed by atoms with van der Waals surface area (Å²) in [5.41, 5.74) is 0. The summed E-state index contributed by atoms with van der Waals surface area (Å²) in [7, 11) is 0. The third-order valence-electron chi connectivity index (χ3n) is 4.98. The van der Waals surface area contributed by atoms with Gasteiger partial charge in [-0.05, 0) is 43.9 Å². The van der Waals surface area contributed by atoms with Gasteiger partial charge in [0.1, 0.15) is 6.04 Å². The summed E-state index contributed by atoms with van der Waals surface area (Å²) in [6.45, 7) is 1.18. The van der Waals surface area contributed by atoms with Crippen molar-refractivity contribution in [3.8, 4) is 6.07 Å². The quantitative estimate of drug-likeness (QED) is 0.858. The number of nitriles is 1. The standard InChI is InChI=1S/C14H21N3O.ClH/c15-8-12-2-1-5-17(12)14(18)9-16-13-7-10-3-4-11(13)6-10;/h10-13,16H,1-7,9H2;1H/t10?,11?,12-,13-;/m0./s1. The molecule has 3 aliphatic rings. The van der Waals surface area contributed by atoms with Crippen LogP contribution in [0.25, 0.3) is 0 Å². The largest absolute Gasteiger partial charge is 0.326 e. The molecule has 0 aromatic rings. The van der Waals surface area contributed by atoms with Crippen molar-refractivity contribution in [3.05, 3.63) is 0 Å². The zero-order valence-electron chi connectivity index (χ0n) is 11.2. The average molecular weight is 284 g/mol. The Morgan fingerprint density at radius 1 is 1.32 bits per heavy atom. The van der Waals surface area contributed by atoms with E-state index in [-0.39, 0.29) is 24.4 Å². The minimum Gasteiger partial charge on any atom is -0.326 e. The van der Waals surface area contributed by atoms with Crippen molar-refractivity contribution in [1.29, 1.82) is 5.26 Å². The molecule has 1 heterocycles. The van der Waals surface area contributed by atoms with E-state index in [0.29, 0.717) is 12.6 Å². The molecule has 3 fully saturated rings. The molecule has 106 valence electrons. The zero-order valence-corrected chi connectivity index (χ0v) is 12.0. The molecule has 19 heavy (non-hydrogen) atoms. The summed E-state index contributed by atoms with van der Waals surface area (Å²) in [6, 6.07) is 2.60. The molecule has 3 rings (SSSR count). The summed E-state index contributed by atoms with van der Waals surface area (Å²) in [5, 5.41) is 12.4. The average Bonchev–Trinajstić information content (AvgIpc) is 3.10. The Morgan fingerprint density at radius 3 is 2.79 bits per heavy atom. The first-order chi connectivity index (χ1) is 8.78. The molecule has 2 aliphatic carbocycles. The molecular weight excluding hydrogens is 262 g/mol. The van der Waals surface area contributed by atoms with Gasteiger partial charge in [0.25, 0.3) is 0 Å². The molecule has 1 saturated heterocycles. The highest BCUT2D eigenvalue weighted by Crippen LogP contribution is 2.44. The van der Waals surface area contributed by atoms with E-state index in [2.05, 4.69) is 11.4 Å². The Hall–Kier alpha value is -0.790. The van der Waals surface area contributed by atoms with Gasteiger partial charge in [-0.25, -0.2) is 0 Å². The summed E-state index contributed by atoms with van der Waals surface area (Å²) in [5.74, 6) is 1.82. The van der Waals surface area contributed by atoms with Gasteiger partial charge in [-0.3, -0.25) is 4.79 Å². The van der Waals surface area contributed by atoms with Gasteiger partial charge in [0.05, 0.1) is 12.6 Å². The summed E-state index contributed by atoms with van der Waals surface area (Å²) in [4.78, 5) is 13.8. The van der Waals surface area contributed by atoms with Crippen LogP contribution in [0, 0.1) is 23.2 Å². The van der Waals surface area contributed by atoms with Gasteiger partial charge in [0.15, 0.2) is 0 Å². The van der Waals surface area contributed by atoms with Crippen LogP contribution in [0.4, 0.5) is 0 Å². The second-order valence-electron chi connectivity index (χ2n) is 6.04.